The monoisotopic (exact) mass is 343 g/mol. The maximum Gasteiger partial charge on any atom is 0.123 e. The summed E-state index contributed by atoms with van der Waals surface area (Å²) in [6.07, 6.45) is 4.39. The molecule has 2 aliphatic rings. The average Bonchev–Trinajstić information content (AvgIpc) is 2.83. The molecular weight excluding hydrogens is 320 g/mol. The summed E-state index contributed by atoms with van der Waals surface area (Å²) >= 11 is 0. The lowest BCUT2D eigenvalue weighted by molar-refractivity contribution is -0.0426. The fourth-order valence-corrected chi connectivity index (χ4v) is 4.29. The van der Waals surface area contributed by atoms with Crippen LogP contribution in [-0.4, -0.2) is 30.1 Å². The lowest BCUT2D eigenvalue weighted by atomic mass is 9.97. The van der Waals surface area contributed by atoms with Crippen molar-refractivity contribution in [3.8, 4) is 0 Å². The summed E-state index contributed by atoms with van der Waals surface area (Å²) in [5, 5.41) is 0. The smallest absolute Gasteiger partial charge is 0.123 e. The Morgan fingerprint density at radius 2 is 1.28 bits per heavy atom. The molecule has 2 aromatic carbocycles. The van der Waals surface area contributed by atoms with Crippen LogP contribution in [0.15, 0.2) is 48.5 Å². The van der Waals surface area contributed by atoms with Crippen LogP contribution in [0.25, 0.3) is 0 Å². The second kappa shape index (κ2) is 6.85. The first-order chi connectivity index (χ1) is 12.1. The molecule has 2 fully saturated rings. The zero-order valence-corrected chi connectivity index (χ0v) is 14.4. The van der Waals surface area contributed by atoms with E-state index in [-0.39, 0.29) is 23.8 Å². The Morgan fingerprint density at radius 1 is 0.840 bits per heavy atom. The second-order valence-electron chi connectivity index (χ2n) is 7.26. The van der Waals surface area contributed by atoms with Crippen LogP contribution in [0.5, 0.6) is 0 Å². The Kier molecular flexibility index (Phi) is 4.57. The highest BCUT2D eigenvalue weighted by Crippen LogP contribution is 2.38. The van der Waals surface area contributed by atoms with E-state index in [1.54, 1.807) is 24.3 Å². The van der Waals surface area contributed by atoms with Crippen molar-refractivity contribution in [2.45, 2.75) is 50.0 Å². The fraction of sp³-hybridized carbons (Fsp3) is 0.429. The lowest BCUT2D eigenvalue weighted by Gasteiger charge is -2.38. The largest absolute Gasteiger partial charge is 0.365 e. The third-order valence-corrected chi connectivity index (χ3v) is 5.73. The van der Waals surface area contributed by atoms with Crippen molar-refractivity contribution >= 4 is 0 Å². The highest BCUT2D eigenvalue weighted by molar-refractivity contribution is 5.30. The van der Waals surface area contributed by atoms with Gasteiger partial charge in [-0.25, -0.2) is 8.78 Å². The molecule has 2 bridgehead atoms. The summed E-state index contributed by atoms with van der Waals surface area (Å²) in [6.45, 7) is 0. The Hall–Kier alpha value is -1.78. The van der Waals surface area contributed by atoms with Crippen LogP contribution < -0.4 is 0 Å². The van der Waals surface area contributed by atoms with E-state index in [0.717, 1.165) is 24.0 Å². The number of piperidine rings is 1. The van der Waals surface area contributed by atoms with E-state index in [2.05, 4.69) is 11.9 Å². The molecule has 132 valence electrons. The van der Waals surface area contributed by atoms with Crippen molar-refractivity contribution in [1.29, 1.82) is 0 Å². The predicted octanol–water partition coefficient (Wildman–Crippen LogP) is 4.70. The molecule has 2 aliphatic heterocycles. The Labute approximate surface area is 147 Å². The molecule has 2 atom stereocenters. The van der Waals surface area contributed by atoms with Gasteiger partial charge in [0.15, 0.2) is 0 Å². The summed E-state index contributed by atoms with van der Waals surface area (Å²) in [4.78, 5) is 2.48. The first kappa shape index (κ1) is 16.7. The number of fused-ring (bicyclic) bond motifs is 2. The maximum absolute atomic E-state index is 13.3. The minimum absolute atomic E-state index is 0.175. The van der Waals surface area contributed by atoms with Gasteiger partial charge in [0, 0.05) is 12.1 Å². The summed E-state index contributed by atoms with van der Waals surface area (Å²) in [5.74, 6) is -0.530. The van der Waals surface area contributed by atoms with Crippen molar-refractivity contribution in [2.75, 3.05) is 7.05 Å². The van der Waals surface area contributed by atoms with Gasteiger partial charge in [-0.2, -0.15) is 0 Å². The highest BCUT2D eigenvalue weighted by Gasteiger charge is 2.39. The third-order valence-electron chi connectivity index (χ3n) is 5.73. The molecule has 0 aromatic heterocycles. The topological polar surface area (TPSA) is 12.5 Å². The molecule has 2 aromatic rings. The quantitative estimate of drug-likeness (QED) is 0.798. The van der Waals surface area contributed by atoms with Gasteiger partial charge in [-0.1, -0.05) is 24.3 Å². The first-order valence-corrected chi connectivity index (χ1v) is 8.98. The number of hydrogen-bond acceptors (Lipinski definition) is 2. The minimum atomic E-state index is -0.297. The first-order valence-electron chi connectivity index (χ1n) is 8.98. The maximum atomic E-state index is 13.3. The molecule has 2 nitrogen and oxygen atoms in total. The molecular formula is C21H23F2NO. The van der Waals surface area contributed by atoms with Gasteiger partial charge in [0.2, 0.25) is 0 Å². The zero-order valence-electron chi connectivity index (χ0n) is 14.4. The van der Waals surface area contributed by atoms with Gasteiger partial charge < -0.3 is 9.64 Å². The van der Waals surface area contributed by atoms with Crippen molar-refractivity contribution in [3.63, 3.8) is 0 Å². The van der Waals surface area contributed by atoms with Gasteiger partial charge in [-0.05, 0) is 68.1 Å². The van der Waals surface area contributed by atoms with Gasteiger partial charge in [0.25, 0.3) is 0 Å². The molecule has 25 heavy (non-hydrogen) atoms. The van der Waals surface area contributed by atoms with Crippen molar-refractivity contribution in [2.24, 2.45) is 0 Å². The van der Waals surface area contributed by atoms with E-state index in [0.29, 0.717) is 12.1 Å². The van der Waals surface area contributed by atoms with Gasteiger partial charge in [-0.15, -0.1) is 0 Å². The molecule has 0 saturated carbocycles. The summed E-state index contributed by atoms with van der Waals surface area (Å²) in [7, 11) is 2.20. The standard InChI is InChI=1S/C21H23F2NO/c1-24-18-10-11-19(24)13-20(12-18)25-21(14-2-6-16(22)7-3-14)15-4-8-17(23)9-5-15/h2-9,18-21H,10-13H2,1H3/t18-,19-/m1/s1. The summed E-state index contributed by atoms with van der Waals surface area (Å²) in [5.41, 5.74) is 1.80. The molecule has 2 heterocycles. The number of hydrogen-bond donors (Lipinski definition) is 0. The van der Waals surface area contributed by atoms with Crippen LogP contribution >= 0.6 is 0 Å². The summed E-state index contributed by atoms with van der Waals surface area (Å²) < 4.78 is 33.1. The minimum Gasteiger partial charge on any atom is -0.365 e. The lowest BCUT2D eigenvalue weighted by Crippen LogP contribution is -2.43. The van der Waals surface area contributed by atoms with E-state index in [9.17, 15) is 8.78 Å². The van der Waals surface area contributed by atoms with E-state index in [1.807, 2.05) is 0 Å². The number of rotatable bonds is 4. The van der Waals surface area contributed by atoms with Gasteiger partial charge in [0.1, 0.15) is 17.7 Å². The Balaban J connectivity index is 1.59. The Morgan fingerprint density at radius 3 is 1.72 bits per heavy atom. The zero-order chi connectivity index (χ0) is 17.4. The molecule has 0 unspecified atom stereocenters. The average molecular weight is 343 g/mol. The van der Waals surface area contributed by atoms with Crippen LogP contribution in [0.1, 0.15) is 42.9 Å². The number of ether oxygens (including phenoxy) is 1. The molecule has 2 saturated heterocycles. The van der Waals surface area contributed by atoms with E-state index >= 15 is 0 Å². The molecule has 0 amide bonds. The van der Waals surface area contributed by atoms with Crippen molar-refractivity contribution in [3.05, 3.63) is 71.3 Å². The van der Waals surface area contributed by atoms with Crippen LogP contribution in [0.3, 0.4) is 0 Å². The highest BCUT2D eigenvalue weighted by atomic mass is 19.1. The fourth-order valence-electron chi connectivity index (χ4n) is 4.29. The van der Waals surface area contributed by atoms with Crippen molar-refractivity contribution in [1.82, 2.24) is 4.90 Å². The molecule has 0 N–H and O–H groups in total. The number of nitrogens with zero attached hydrogens (tertiary/aromatic N) is 1. The van der Waals surface area contributed by atoms with Crippen LogP contribution in [-0.2, 0) is 4.74 Å². The van der Waals surface area contributed by atoms with E-state index in [4.69, 9.17) is 4.74 Å². The molecule has 4 rings (SSSR count). The van der Waals surface area contributed by atoms with Gasteiger partial charge in [0.05, 0.1) is 6.10 Å². The number of benzene rings is 2. The van der Waals surface area contributed by atoms with Gasteiger partial charge in [-0.3, -0.25) is 0 Å². The predicted molar refractivity (Wildman–Crippen MR) is 93.3 cm³/mol. The van der Waals surface area contributed by atoms with Crippen molar-refractivity contribution < 1.29 is 13.5 Å². The third kappa shape index (κ3) is 3.46. The molecule has 0 aliphatic carbocycles. The molecule has 4 heteroatoms. The molecule has 0 radical (unpaired) electrons. The van der Waals surface area contributed by atoms with Crippen LogP contribution in [0, 0.1) is 11.6 Å². The Bertz CT molecular complexity index is 656. The summed E-state index contributed by atoms with van der Waals surface area (Å²) in [6, 6.07) is 14.0. The van der Waals surface area contributed by atoms with Crippen LogP contribution in [0.4, 0.5) is 8.78 Å². The van der Waals surface area contributed by atoms with E-state index < -0.39 is 0 Å². The van der Waals surface area contributed by atoms with Gasteiger partial charge >= 0.3 is 0 Å². The second-order valence-corrected chi connectivity index (χ2v) is 7.26. The molecule has 0 spiro atoms. The van der Waals surface area contributed by atoms with E-state index in [1.165, 1.54) is 37.1 Å². The normalized spacial score (nSPS) is 26.3. The number of halogens is 2. The SMILES string of the molecule is CN1[C@@H]2CC[C@@H]1CC(OC(c1ccc(F)cc1)c1ccc(F)cc1)C2. The van der Waals surface area contributed by atoms with Crippen LogP contribution in [0.2, 0.25) is 0 Å².